The Labute approximate surface area is 78.2 Å². The normalized spacial score (nSPS) is 13.2. The molecule has 4 heteroatoms. The highest BCUT2D eigenvalue weighted by Crippen LogP contribution is 2.10. The third-order valence-electron chi connectivity index (χ3n) is 1.83. The van der Waals surface area contributed by atoms with E-state index in [9.17, 15) is 5.11 Å². The van der Waals surface area contributed by atoms with Gasteiger partial charge < -0.3 is 14.4 Å². The molecule has 0 bridgehead atoms. The van der Waals surface area contributed by atoms with Gasteiger partial charge in [0.05, 0.1) is 6.61 Å². The maximum Gasteiger partial charge on any atom is 0.140 e. The fourth-order valence-electron chi connectivity index (χ4n) is 1.28. The second-order valence-electron chi connectivity index (χ2n) is 2.95. The Kier molecular flexibility index (Phi) is 3.92. The lowest BCUT2D eigenvalue weighted by Crippen LogP contribution is -2.12. The smallest absolute Gasteiger partial charge is 0.140 e. The Bertz CT molecular complexity index is 248. The van der Waals surface area contributed by atoms with Crippen LogP contribution in [0, 0.1) is 0 Å². The minimum absolute atomic E-state index is 0.292. The van der Waals surface area contributed by atoms with Crippen molar-refractivity contribution in [1.82, 2.24) is 9.55 Å². The van der Waals surface area contributed by atoms with Crippen molar-refractivity contribution in [1.29, 1.82) is 0 Å². The zero-order valence-corrected chi connectivity index (χ0v) is 8.10. The summed E-state index contributed by atoms with van der Waals surface area (Å²) in [7, 11) is 1.57. The lowest BCUT2D eigenvalue weighted by Gasteiger charge is -2.11. The van der Waals surface area contributed by atoms with Crippen molar-refractivity contribution in [3.63, 3.8) is 0 Å². The summed E-state index contributed by atoms with van der Waals surface area (Å²) in [5.74, 6) is 0.684. The molecular formula is C9H16N2O2. The van der Waals surface area contributed by atoms with Crippen LogP contribution in [-0.4, -0.2) is 28.4 Å². The first-order chi connectivity index (χ1) is 6.29. The summed E-state index contributed by atoms with van der Waals surface area (Å²) in [4.78, 5) is 4.09. The van der Waals surface area contributed by atoms with Crippen molar-refractivity contribution in [3.05, 3.63) is 18.2 Å². The van der Waals surface area contributed by atoms with E-state index in [0.717, 1.165) is 13.0 Å². The van der Waals surface area contributed by atoms with Gasteiger partial charge in [0.15, 0.2) is 0 Å². The van der Waals surface area contributed by atoms with Crippen molar-refractivity contribution in [2.24, 2.45) is 0 Å². The zero-order valence-electron chi connectivity index (χ0n) is 8.10. The first-order valence-electron chi connectivity index (χ1n) is 4.47. The molecule has 0 aliphatic heterocycles. The number of hydrogen-bond donors (Lipinski definition) is 1. The van der Waals surface area contributed by atoms with Crippen LogP contribution in [0.4, 0.5) is 0 Å². The summed E-state index contributed by atoms with van der Waals surface area (Å²) in [6, 6.07) is 0. The van der Waals surface area contributed by atoms with Crippen LogP contribution in [0.15, 0.2) is 12.4 Å². The van der Waals surface area contributed by atoms with Gasteiger partial charge in [-0.25, -0.2) is 4.98 Å². The SMILES string of the molecule is CCCn1ccnc1C(O)COC. The Morgan fingerprint density at radius 2 is 2.46 bits per heavy atom. The fourth-order valence-corrected chi connectivity index (χ4v) is 1.28. The molecule has 0 aliphatic carbocycles. The molecule has 0 fully saturated rings. The average molecular weight is 184 g/mol. The average Bonchev–Trinajstić information content (AvgIpc) is 2.54. The number of rotatable bonds is 5. The van der Waals surface area contributed by atoms with Crippen LogP contribution in [0.25, 0.3) is 0 Å². The Morgan fingerprint density at radius 1 is 1.69 bits per heavy atom. The minimum Gasteiger partial charge on any atom is -0.383 e. The Hall–Kier alpha value is -0.870. The molecule has 1 N–H and O–H groups in total. The van der Waals surface area contributed by atoms with Gasteiger partial charge in [0.25, 0.3) is 0 Å². The molecule has 0 aromatic carbocycles. The molecule has 0 spiro atoms. The first-order valence-corrected chi connectivity index (χ1v) is 4.47. The highest BCUT2D eigenvalue weighted by Gasteiger charge is 2.12. The topological polar surface area (TPSA) is 47.3 Å². The first kappa shape index (κ1) is 10.2. The molecule has 4 nitrogen and oxygen atoms in total. The molecular weight excluding hydrogens is 168 g/mol. The second-order valence-corrected chi connectivity index (χ2v) is 2.95. The molecule has 74 valence electrons. The van der Waals surface area contributed by atoms with E-state index in [-0.39, 0.29) is 0 Å². The molecule has 1 atom stereocenters. The molecule has 0 radical (unpaired) electrons. The molecule has 0 aliphatic rings. The number of aromatic nitrogens is 2. The van der Waals surface area contributed by atoms with E-state index in [2.05, 4.69) is 11.9 Å². The van der Waals surface area contributed by atoms with Crippen LogP contribution in [-0.2, 0) is 11.3 Å². The highest BCUT2D eigenvalue weighted by molar-refractivity contribution is 4.96. The van der Waals surface area contributed by atoms with Gasteiger partial charge in [0.2, 0.25) is 0 Å². The summed E-state index contributed by atoms with van der Waals surface area (Å²) in [6.45, 7) is 3.27. The standard InChI is InChI=1S/C9H16N2O2/c1-3-5-11-6-4-10-9(11)8(12)7-13-2/h4,6,8,12H,3,5,7H2,1-2H3. The molecule has 0 saturated heterocycles. The number of methoxy groups -OCH3 is 1. The zero-order chi connectivity index (χ0) is 9.68. The molecule has 1 aromatic rings. The van der Waals surface area contributed by atoms with E-state index in [1.54, 1.807) is 13.3 Å². The van der Waals surface area contributed by atoms with Crippen LogP contribution in [0.1, 0.15) is 25.3 Å². The number of aliphatic hydroxyl groups excluding tert-OH is 1. The number of ether oxygens (including phenoxy) is 1. The van der Waals surface area contributed by atoms with Crippen molar-refractivity contribution in [3.8, 4) is 0 Å². The fraction of sp³-hybridized carbons (Fsp3) is 0.667. The summed E-state index contributed by atoms with van der Waals surface area (Å²) >= 11 is 0. The minimum atomic E-state index is -0.619. The summed E-state index contributed by atoms with van der Waals surface area (Å²) in [5.41, 5.74) is 0. The molecule has 1 heterocycles. The van der Waals surface area contributed by atoms with Gasteiger partial charge in [-0.3, -0.25) is 0 Å². The van der Waals surface area contributed by atoms with Gasteiger partial charge in [0.1, 0.15) is 11.9 Å². The van der Waals surface area contributed by atoms with Crippen LogP contribution in [0.5, 0.6) is 0 Å². The molecule has 1 unspecified atom stereocenters. The number of imidazole rings is 1. The number of nitrogens with zero attached hydrogens (tertiary/aromatic N) is 2. The van der Waals surface area contributed by atoms with Crippen LogP contribution >= 0.6 is 0 Å². The monoisotopic (exact) mass is 184 g/mol. The van der Waals surface area contributed by atoms with Crippen molar-refractivity contribution < 1.29 is 9.84 Å². The summed E-state index contributed by atoms with van der Waals surface area (Å²) < 4.78 is 6.81. The Morgan fingerprint density at radius 3 is 3.08 bits per heavy atom. The summed E-state index contributed by atoms with van der Waals surface area (Å²) in [6.07, 6.45) is 3.98. The molecule has 0 saturated carbocycles. The van der Waals surface area contributed by atoms with Gasteiger partial charge in [-0.2, -0.15) is 0 Å². The number of aliphatic hydroxyl groups is 1. The lowest BCUT2D eigenvalue weighted by atomic mass is 10.3. The number of hydrogen-bond acceptors (Lipinski definition) is 3. The van der Waals surface area contributed by atoms with E-state index in [1.165, 1.54) is 0 Å². The third-order valence-corrected chi connectivity index (χ3v) is 1.83. The van der Waals surface area contributed by atoms with Crippen molar-refractivity contribution in [2.45, 2.75) is 26.0 Å². The predicted octanol–water partition coefficient (Wildman–Crippen LogP) is 0.973. The lowest BCUT2D eigenvalue weighted by molar-refractivity contribution is 0.0564. The molecule has 13 heavy (non-hydrogen) atoms. The van der Waals surface area contributed by atoms with Gasteiger partial charge >= 0.3 is 0 Å². The van der Waals surface area contributed by atoms with Gasteiger partial charge in [-0.1, -0.05) is 6.92 Å². The van der Waals surface area contributed by atoms with Crippen LogP contribution in [0.2, 0.25) is 0 Å². The Balaban J connectivity index is 2.68. The maximum absolute atomic E-state index is 9.61. The van der Waals surface area contributed by atoms with Gasteiger partial charge in [0, 0.05) is 26.0 Å². The van der Waals surface area contributed by atoms with E-state index in [1.807, 2.05) is 10.8 Å². The van der Waals surface area contributed by atoms with Crippen LogP contribution < -0.4 is 0 Å². The molecule has 1 rings (SSSR count). The van der Waals surface area contributed by atoms with Crippen LogP contribution in [0.3, 0.4) is 0 Å². The van der Waals surface area contributed by atoms with E-state index in [0.29, 0.717) is 12.4 Å². The quantitative estimate of drug-likeness (QED) is 0.741. The van der Waals surface area contributed by atoms with Gasteiger partial charge in [-0.05, 0) is 6.42 Å². The van der Waals surface area contributed by atoms with E-state index >= 15 is 0 Å². The van der Waals surface area contributed by atoms with E-state index in [4.69, 9.17) is 4.74 Å². The van der Waals surface area contributed by atoms with Crippen molar-refractivity contribution in [2.75, 3.05) is 13.7 Å². The van der Waals surface area contributed by atoms with E-state index < -0.39 is 6.10 Å². The third kappa shape index (κ3) is 2.54. The molecule has 0 amide bonds. The maximum atomic E-state index is 9.61. The van der Waals surface area contributed by atoms with Crippen molar-refractivity contribution >= 4 is 0 Å². The number of aryl methyl sites for hydroxylation is 1. The molecule has 1 aromatic heterocycles. The largest absolute Gasteiger partial charge is 0.383 e. The predicted molar refractivity (Wildman–Crippen MR) is 49.4 cm³/mol. The second kappa shape index (κ2) is 4.99. The van der Waals surface area contributed by atoms with Gasteiger partial charge in [-0.15, -0.1) is 0 Å². The summed E-state index contributed by atoms with van der Waals surface area (Å²) in [5, 5.41) is 9.61. The highest BCUT2D eigenvalue weighted by atomic mass is 16.5.